The second kappa shape index (κ2) is 5.78. The first-order valence-corrected chi connectivity index (χ1v) is 9.42. The topological polar surface area (TPSA) is 66.5 Å². The number of imide groups is 1. The molecule has 3 amide bonds. The minimum atomic E-state index is -0.299. The SMILES string of the molecule is O=C1C[C@]2(CN3C(=O)c4ccc(-c5ccccc5)cc4C3=O)CCC[C@@H]2N1. The molecule has 2 aromatic carbocycles. The molecule has 2 fully saturated rings. The predicted molar refractivity (Wildman–Crippen MR) is 100 cm³/mol. The van der Waals surface area contributed by atoms with Crippen LogP contribution in [0.4, 0.5) is 0 Å². The lowest BCUT2D eigenvalue weighted by Gasteiger charge is -2.31. The molecular formula is C22H20N2O3. The summed E-state index contributed by atoms with van der Waals surface area (Å²) in [6.45, 7) is 0.323. The number of rotatable bonds is 3. The van der Waals surface area contributed by atoms with Gasteiger partial charge in [0.1, 0.15) is 0 Å². The number of hydrogen-bond acceptors (Lipinski definition) is 3. The molecule has 27 heavy (non-hydrogen) atoms. The molecule has 5 heteroatoms. The Morgan fingerprint density at radius 1 is 0.963 bits per heavy atom. The maximum Gasteiger partial charge on any atom is 0.261 e. The Morgan fingerprint density at radius 2 is 1.74 bits per heavy atom. The summed E-state index contributed by atoms with van der Waals surface area (Å²) in [5.74, 6) is -0.455. The molecule has 2 heterocycles. The Labute approximate surface area is 157 Å². The van der Waals surface area contributed by atoms with E-state index in [1.54, 1.807) is 6.07 Å². The second-order valence-electron chi connectivity index (χ2n) is 7.87. The summed E-state index contributed by atoms with van der Waals surface area (Å²) in [7, 11) is 0. The van der Waals surface area contributed by atoms with Gasteiger partial charge >= 0.3 is 0 Å². The quantitative estimate of drug-likeness (QED) is 0.856. The van der Waals surface area contributed by atoms with Crippen LogP contribution in [0, 0.1) is 5.41 Å². The fourth-order valence-electron chi connectivity index (χ4n) is 4.95. The van der Waals surface area contributed by atoms with Crippen molar-refractivity contribution in [2.75, 3.05) is 6.54 Å². The fourth-order valence-corrected chi connectivity index (χ4v) is 4.95. The third-order valence-electron chi connectivity index (χ3n) is 6.31. The summed E-state index contributed by atoms with van der Waals surface area (Å²) < 4.78 is 0. The normalized spacial score (nSPS) is 26.3. The third-order valence-corrected chi connectivity index (χ3v) is 6.31. The van der Waals surface area contributed by atoms with E-state index in [2.05, 4.69) is 5.32 Å². The van der Waals surface area contributed by atoms with Gasteiger partial charge in [0.15, 0.2) is 0 Å². The Morgan fingerprint density at radius 3 is 2.56 bits per heavy atom. The van der Waals surface area contributed by atoms with E-state index in [9.17, 15) is 14.4 Å². The summed E-state index contributed by atoms with van der Waals surface area (Å²) in [6.07, 6.45) is 3.22. The summed E-state index contributed by atoms with van der Waals surface area (Å²) in [5.41, 5.74) is 2.56. The van der Waals surface area contributed by atoms with E-state index in [-0.39, 0.29) is 29.2 Å². The third kappa shape index (κ3) is 2.41. The highest BCUT2D eigenvalue weighted by atomic mass is 16.2. The minimum Gasteiger partial charge on any atom is -0.353 e. The monoisotopic (exact) mass is 360 g/mol. The van der Waals surface area contributed by atoms with E-state index in [1.165, 1.54) is 4.90 Å². The van der Waals surface area contributed by atoms with Crippen molar-refractivity contribution in [2.45, 2.75) is 31.7 Å². The summed E-state index contributed by atoms with van der Waals surface area (Å²) in [5, 5.41) is 3.02. The molecule has 0 unspecified atom stereocenters. The van der Waals surface area contributed by atoms with Crippen LogP contribution < -0.4 is 5.32 Å². The molecule has 2 atom stereocenters. The number of carbonyl (C=O) groups excluding carboxylic acids is 3. The van der Waals surface area contributed by atoms with Crippen LogP contribution >= 0.6 is 0 Å². The van der Waals surface area contributed by atoms with Crippen LogP contribution in [0.3, 0.4) is 0 Å². The first-order valence-electron chi connectivity index (χ1n) is 9.42. The Bertz CT molecular complexity index is 969. The lowest BCUT2D eigenvalue weighted by Crippen LogP contribution is -2.44. The molecule has 1 aliphatic carbocycles. The lowest BCUT2D eigenvalue weighted by atomic mass is 9.81. The second-order valence-corrected chi connectivity index (χ2v) is 7.87. The highest BCUT2D eigenvalue weighted by molar-refractivity contribution is 6.21. The van der Waals surface area contributed by atoms with Gasteiger partial charge in [0.05, 0.1) is 11.1 Å². The molecule has 3 aliphatic rings. The maximum absolute atomic E-state index is 13.0. The molecule has 1 N–H and O–H groups in total. The molecule has 0 aromatic heterocycles. The zero-order chi connectivity index (χ0) is 18.6. The van der Waals surface area contributed by atoms with Crippen molar-refractivity contribution in [3.8, 4) is 11.1 Å². The summed E-state index contributed by atoms with van der Waals surface area (Å²) in [6, 6.07) is 15.3. The zero-order valence-corrected chi connectivity index (χ0v) is 14.9. The van der Waals surface area contributed by atoms with E-state index in [4.69, 9.17) is 0 Å². The van der Waals surface area contributed by atoms with Gasteiger partial charge < -0.3 is 5.32 Å². The highest BCUT2D eigenvalue weighted by Crippen LogP contribution is 2.46. The van der Waals surface area contributed by atoms with Crippen molar-refractivity contribution in [2.24, 2.45) is 5.41 Å². The van der Waals surface area contributed by atoms with Gasteiger partial charge in [0.25, 0.3) is 11.8 Å². The van der Waals surface area contributed by atoms with Gasteiger partial charge in [-0.2, -0.15) is 0 Å². The standard InChI is InChI=1S/C22H20N2O3/c25-19-12-22(10-4-7-18(22)23-19)13-24-20(26)16-9-8-15(11-17(16)21(24)27)14-5-2-1-3-6-14/h1-3,5-6,8-9,11,18H,4,7,10,12-13H2,(H,23,25)/t18-,22-/m0/s1. The minimum absolute atomic E-state index is 0.0303. The first kappa shape index (κ1) is 16.2. The molecule has 2 aliphatic heterocycles. The van der Waals surface area contributed by atoms with Gasteiger partial charge in [-0.1, -0.05) is 42.8 Å². The predicted octanol–water partition coefficient (Wildman–Crippen LogP) is 3.01. The molecule has 1 saturated heterocycles. The van der Waals surface area contributed by atoms with Crippen LogP contribution in [0.25, 0.3) is 11.1 Å². The molecule has 1 saturated carbocycles. The van der Waals surface area contributed by atoms with Gasteiger partial charge in [0.2, 0.25) is 5.91 Å². The molecule has 0 bridgehead atoms. The number of amides is 3. The molecule has 136 valence electrons. The van der Waals surface area contributed by atoms with Gasteiger partial charge in [-0.3, -0.25) is 19.3 Å². The number of benzene rings is 2. The van der Waals surface area contributed by atoms with Crippen molar-refractivity contribution in [3.05, 3.63) is 59.7 Å². The summed E-state index contributed by atoms with van der Waals surface area (Å²) >= 11 is 0. The zero-order valence-electron chi connectivity index (χ0n) is 14.9. The van der Waals surface area contributed by atoms with Crippen LogP contribution in [0.2, 0.25) is 0 Å². The van der Waals surface area contributed by atoms with Crippen molar-refractivity contribution < 1.29 is 14.4 Å². The number of carbonyl (C=O) groups is 3. The van der Waals surface area contributed by atoms with E-state index in [0.29, 0.717) is 24.1 Å². The van der Waals surface area contributed by atoms with Crippen molar-refractivity contribution >= 4 is 17.7 Å². The van der Waals surface area contributed by atoms with E-state index < -0.39 is 0 Å². The first-order chi connectivity index (χ1) is 13.1. The van der Waals surface area contributed by atoms with Crippen molar-refractivity contribution in [3.63, 3.8) is 0 Å². The smallest absolute Gasteiger partial charge is 0.261 e. The Hall–Kier alpha value is -2.95. The van der Waals surface area contributed by atoms with Crippen LogP contribution in [-0.2, 0) is 4.79 Å². The Kier molecular flexibility index (Phi) is 3.47. The Balaban J connectivity index is 1.47. The fraction of sp³-hybridized carbons (Fsp3) is 0.318. The van der Waals surface area contributed by atoms with E-state index in [0.717, 1.165) is 30.4 Å². The summed E-state index contributed by atoms with van der Waals surface area (Å²) in [4.78, 5) is 39.2. The average Bonchev–Trinajstić information content (AvgIpc) is 3.27. The molecule has 0 radical (unpaired) electrons. The number of hydrogen-bond donors (Lipinski definition) is 1. The van der Waals surface area contributed by atoms with Crippen LogP contribution in [0.1, 0.15) is 46.4 Å². The number of fused-ring (bicyclic) bond motifs is 2. The van der Waals surface area contributed by atoms with Gasteiger partial charge in [0, 0.05) is 24.4 Å². The largest absolute Gasteiger partial charge is 0.353 e. The molecular weight excluding hydrogens is 340 g/mol. The average molecular weight is 360 g/mol. The van der Waals surface area contributed by atoms with Crippen molar-refractivity contribution in [1.29, 1.82) is 0 Å². The van der Waals surface area contributed by atoms with E-state index >= 15 is 0 Å². The molecule has 0 spiro atoms. The number of nitrogens with one attached hydrogen (secondary N) is 1. The van der Waals surface area contributed by atoms with E-state index in [1.807, 2.05) is 42.5 Å². The van der Waals surface area contributed by atoms with Gasteiger partial charge in [-0.25, -0.2) is 0 Å². The van der Waals surface area contributed by atoms with Crippen LogP contribution in [0.15, 0.2) is 48.5 Å². The van der Waals surface area contributed by atoms with Crippen LogP contribution in [-0.4, -0.2) is 35.2 Å². The molecule has 5 nitrogen and oxygen atoms in total. The highest BCUT2D eigenvalue weighted by Gasteiger charge is 2.53. The van der Waals surface area contributed by atoms with Gasteiger partial charge in [-0.15, -0.1) is 0 Å². The lowest BCUT2D eigenvalue weighted by molar-refractivity contribution is -0.120. The van der Waals surface area contributed by atoms with Crippen LogP contribution in [0.5, 0.6) is 0 Å². The van der Waals surface area contributed by atoms with Gasteiger partial charge in [-0.05, 0) is 36.1 Å². The molecule has 2 aromatic rings. The van der Waals surface area contributed by atoms with Crippen molar-refractivity contribution in [1.82, 2.24) is 10.2 Å². The molecule has 5 rings (SSSR count). The maximum atomic E-state index is 13.0. The number of nitrogens with zero attached hydrogens (tertiary/aromatic N) is 1.